The Hall–Kier alpha value is -3.20. The number of hydrogen-bond acceptors (Lipinski definition) is 5. The van der Waals surface area contributed by atoms with Crippen molar-refractivity contribution in [2.45, 2.75) is 63.0 Å². The summed E-state index contributed by atoms with van der Waals surface area (Å²) in [4.78, 5) is 26.0. The number of nitrogens with one attached hydrogen (secondary N) is 1. The molecule has 7 nitrogen and oxygen atoms in total. The van der Waals surface area contributed by atoms with E-state index in [1.165, 1.54) is 23.9 Å². The zero-order valence-electron chi connectivity index (χ0n) is 19.5. The summed E-state index contributed by atoms with van der Waals surface area (Å²) in [7, 11) is 0. The van der Waals surface area contributed by atoms with Gasteiger partial charge in [-0.3, -0.25) is 18.6 Å². The van der Waals surface area contributed by atoms with Crippen LogP contribution in [0.1, 0.15) is 51.6 Å². The van der Waals surface area contributed by atoms with Crippen molar-refractivity contribution in [3.05, 3.63) is 70.3 Å². The molecule has 2 aromatic heterocycles. The molecular weight excluding hydrogens is 453 g/mol. The molecule has 0 bridgehead atoms. The second-order valence-electron chi connectivity index (χ2n) is 8.34. The largest absolute Gasteiger partial charge is 0.349 e. The van der Waals surface area contributed by atoms with Crippen molar-refractivity contribution in [1.82, 2.24) is 24.5 Å². The number of benzene rings is 2. The maximum Gasteiger partial charge on any atom is 0.262 e. The van der Waals surface area contributed by atoms with E-state index in [9.17, 15) is 14.0 Å². The van der Waals surface area contributed by atoms with Crippen molar-refractivity contribution in [1.29, 1.82) is 0 Å². The molecule has 0 aliphatic heterocycles. The van der Waals surface area contributed by atoms with Crippen LogP contribution in [-0.2, 0) is 11.3 Å². The van der Waals surface area contributed by atoms with E-state index in [1.54, 1.807) is 23.6 Å². The topological polar surface area (TPSA) is 81.3 Å². The molecule has 2 atom stereocenters. The highest BCUT2D eigenvalue weighted by molar-refractivity contribution is 8.00. The first-order valence-corrected chi connectivity index (χ1v) is 12.4. The second-order valence-corrected chi connectivity index (χ2v) is 9.65. The lowest BCUT2D eigenvalue weighted by molar-refractivity contribution is -0.120. The number of aryl methyl sites for hydroxylation is 1. The molecule has 0 saturated heterocycles. The Morgan fingerprint density at radius 2 is 1.82 bits per heavy atom. The maximum absolute atomic E-state index is 13.2. The number of hydrogen-bond donors (Lipinski definition) is 1. The average Bonchev–Trinajstić information content (AvgIpc) is 3.25. The summed E-state index contributed by atoms with van der Waals surface area (Å²) in [6, 6.07) is 13.2. The van der Waals surface area contributed by atoms with E-state index in [0.717, 1.165) is 24.8 Å². The van der Waals surface area contributed by atoms with Gasteiger partial charge in [-0.25, -0.2) is 4.39 Å². The first-order valence-electron chi connectivity index (χ1n) is 11.5. The fourth-order valence-corrected chi connectivity index (χ4v) is 4.77. The first kappa shape index (κ1) is 23.9. The maximum atomic E-state index is 13.2. The number of halogens is 1. The Labute approximate surface area is 201 Å². The summed E-state index contributed by atoms with van der Waals surface area (Å²) < 4.78 is 16.7. The van der Waals surface area contributed by atoms with Crippen LogP contribution in [0.5, 0.6) is 0 Å². The zero-order chi connectivity index (χ0) is 24.2. The number of rotatable bonds is 9. The fourth-order valence-electron chi connectivity index (χ4n) is 3.91. The molecule has 2 aromatic carbocycles. The van der Waals surface area contributed by atoms with Crippen LogP contribution in [0, 0.1) is 5.82 Å². The average molecular weight is 482 g/mol. The third kappa shape index (κ3) is 4.84. The van der Waals surface area contributed by atoms with Crippen LogP contribution in [0.2, 0.25) is 0 Å². The Morgan fingerprint density at radius 3 is 2.56 bits per heavy atom. The Bertz CT molecular complexity index is 1370. The second kappa shape index (κ2) is 10.4. The van der Waals surface area contributed by atoms with Crippen LogP contribution in [0.25, 0.3) is 16.7 Å². The van der Waals surface area contributed by atoms with Gasteiger partial charge in [0, 0.05) is 6.54 Å². The van der Waals surface area contributed by atoms with E-state index in [4.69, 9.17) is 0 Å². The van der Waals surface area contributed by atoms with Gasteiger partial charge in [0.15, 0.2) is 5.16 Å². The third-order valence-electron chi connectivity index (χ3n) is 5.84. The van der Waals surface area contributed by atoms with Crippen molar-refractivity contribution in [2.75, 3.05) is 0 Å². The number of carbonyl (C=O) groups excluding carboxylic acids is 1. The van der Waals surface area contributed by atoms with E-state index in [-0.39, 0.29) is 23.3 Å². The quantitative estimate of drug-likeness (QED) is 0.276. The van der Waals surface area contributed by atoms with Gasteiger partial charge < -0.3 is 5.32 Å². The van der Waals surface area contributed by atoms with Crippen LogP contribution in [-0.4, -0.2) is 30.3 Å². The number of nitrogens with zero attached hydrogens (tertiary/aromatic N) is 4. The van der Waals surface area contributed by atoms with Gasteiger partial charge in [-0.15, -0.1) is 10.2 Å². The Kier molecular flexibility index (Phi) is 7.31. The monoisotopic (exact) mass is 481 g/mol. The molecule has 1 amide bonds. The number of para-hydroxylation sites is 1. The van der Waals surface area contributed by atoms with Gasteiger partial charge in [-0.05, 0) is 50.1 Å². The van der Waals surface area contributed by atoms with E-state index >= 15 is 0 Å². The van der Waals surface area contributed by atoms with Crippen molar-refractivity contribution in [2.24, 2.45) is 0 Å². The van der Waals surface area contributed by atoms with Crippen LogP contribution in [0.3, 0.4) is 0 Å². The molecule has 4 rings (SSSR count). The number of amides is 1. The number of thioether (sulfide) groups is 1. The summed E-state index contributed by atoms with van der Waals surface area (Å²) in [6.07, 6.45) is 2.94. The van der Waals surface area contributed by atoms with Gasteiger partial charge >= 0.3 is 0 Å². The number of aromatic nitrogens is 4. The van der Waals surface area contributed by atoms with E-state index in [0.29, 0.717) is 28.4 Å². The minimum absolute atomic E-state index is 0.0814. The van der Waals surface area contributed by atoms with Crippen molar-refractivity contribution >= 4 is 34.3 Å². The SMILES string of the molecule is CCCCCn1c(=O)c2ccccc2n2c(SC(C)C(=O)NC(C)c3ccc(F)cc3)nnc12. The standard InChI is InChI=1S/C25H28FN5O2S/c1-4-5-8-15-30-23(33)20-9-6-7-10-21(20)31-24(30)28-29-25(31)34-17(3)22(32)27-16(2)18-11-13-19(26)14-12-18/h6-7,9-14,16-17H,4-5,8,15H2,1-3H3,(H,27,32). The van der Waals surface area contributed by atoms with Gasteiger partial charge in [0.05, 0.1) is 22.2 Å². The number of unbranched alkanes of at least 4 members (excludes halogenated alkanes) is 2. The number of carbonyl (C=O) groups is 1. The minimum atomic E-state index is -0.463. The predicted octanol–water partition coefficient (Wildman–Crippen LogP) is 4.73. The Morgan fingerprint density at radius 1 is 1.09 bits per heavy atom. The van der Waals surface area contributed by atoms with Gasteiger partial charge in [0.25, 0.3) is 5.56 Å². The minimum Gasteiger partial charge on any atom is -0.349 e. The molecule has 0 aliphatic carbocycles. The van der Waals surface area contributed by atoms with Gasteiger partial charge in [0.2, 0.25) is 11.7 Å². The smallest absolute Gasteiger partial charge is 0.262 e. The highest BCUT2D eigenvalue weighted by Crippen LogP contribution is 2.26. The van der Waals surface area contributed by atoms with Gasteiger partial charge in [-0.1, -0.05) is 55.8 Å². The summed E-state index contributed by atoms with van der Waals surface area (Å²) in [6.45, 7) is 6.35. The van der Waals surface area contributed by atoms with E-state index in [1.807, 2.05) is 35.6 Å². The molecule has 0 aliphatic rings. The lowest BCUT2D eigenvalue weighted by Gasteiger charge is -2.17. The molecule has 0 fully saturated rings. The molecule has 2 heterocycles. The molecule has 4 aromatic rings. The molecule has 34 heavy (non-hydrogen) atoms. The summed E-state index contributed by atoms with van der Waals surface area (Å²) >= 11 is 1.29. The molecule has 1 N–H and O–H groups in total. The zero-order valence-corrected chi connectivity index (χ0v) is 20.3. The van der Waals surface area contributed by atoms with Gasteiger partial charge in [0.1, 0.15) is 5.82 Å². The summed E-state index contributed by atoms with van der Waals surface area (Å²) in [5, 5.41) is 12.3. The highest BCUT2D eigenvalue weighted by Gasteiger charge is 2.22. The van der Waals surface area contributed by atoms with Crippen molar-refractivity contribution < 1.29 is 9.18 Å². The first-order chi connectivity index (χ1) is 16.4. The fraction of sp³-hybridized carbons (Fsp3) is 0.360. The molecule has 0 spiro atoms. The van der Waals surface area contributed by atoms with E-state index < -0.39 is 5.25 Å². The normalized spacial score (nSPS) is 13.3. The number of fused-ring (bicyclic) bond motifs is 3. The van der Waals surface area contributed by atoms with E-state index in [2.05, 4.69) is 22.4 Å². The van der Waals surface area contributed by atoms with Crippen LogP contribution in [0.4, 0.5) is 4.39 Å². The van der Waals surface area contributed by atoms with Crippen LogP contribution < -0.4 is 10.9 Å². The molecule has 0 radical (unpaired) electrons. The molecular formula is C25H28FN5O2S. The summed E-state index contributed by atoms with van der Waals surface area (Å²) in [5.74, 6) is -0.000906. The molecule has 0 saturated carbocycles. The molecule has 9 heteroatoms. The van der Waals surface area contributed by atoms with Gasteiger partial charge in [-0.2, -0.15) is 0 Å². The van der Waals surface area contributed by atoms with Crippen molar-refractivity contribution in [3.63, 3.8) is 0 Å². The summed E-state index contributed by atoms with van der Waals surface area (Å²) in [5.41, 5.74) is 1.46. The van der Waals surface area contributed by atoms with Crippen LogP contribution in [0.15, 0.2) is 58.5 Å². The third-order valence-corrected chi connectivity index (χ3v) is 6.89. The highest BCUT2D eigenvalue weighted by atomic mass is 32.2. The van der Waals surface area contributed by atoms with Crippen LogP contribution >= 0.6 is 11.8 Å². The lowest BCUT2D eigenvalue weighted by Crippen LogP contribution is -2.33. The Balaban J connectivity index is 1.62. The van der Waals surface area contributed by atoms with Crippen molar-refractivity contribution in [3.8, 4) is 0 Å². The predicted molar refractivity (Wildman–Crippen MR) is 133 cm³/mol. The lowest BCUT2D eigenvalue weighted by atomic mass is 10.1. The molecule has 2 unspecified atom stereocenters. The molecule has 178 valence electrons.